The van der Waals surface area contributed by atoms with E-state index in [0.29, 0.717) is 12.4 Å². The molecule has 0 radical (unpaired) electrons. The molecular formula is C18H19N5O. The van der Waals surface area contributed by atoms with Crippen molar-refractivity contribution in [3.63, 3.8) is 0 Å². The molecule has 122 valence electrons. The largest absolute Gasteiger partial charge is 0.497 e. The Hall–Kier alpha value is -3.15. The van der Waals surface area contributed by atoms with E-state index in [0.717, 1.165) is 28.6 Å². The second kappa shape index (κ2) is 7.41. The van der Waals surface area contributed by atoms with Crippen molar-refractivity contribution < 1.29 is 4.74 Å². The van der Waals surface area contributed by atoms with E-state index >= 15 is 0 Å². The number of hydrogen-bond acceptors (Lipinski definition) is 6. The van der Waals surface area contributed by atoms with Crippen molar-refractivity contribution in [1.29, 1.82) is 0 Å². The summed E-state index contributed by atoms with van der Waals surface area (Å²) in [6.45, 7) is 2.55. The second-order valence-electron chi connectivity index (χ2n) is 5.25. The van der Waals surface area contributed by atoms with Crippen LogP contribution < -0.4 is 15.4 Å². The van der Waals surface area contributed by atoms with E-state index in [-0.39, 0.29) is 0 Å². The third-order valence-electron chi connectivity index (χ3n) is 3.42. The smallest absolute Gasteiger partial charge is 0.136 e. The first kappa shape index (κ1) is 15.7. The number of pyridine rings is 1. The lowest BCUT2D eigenvalue weighted by molar-refractivity contribution is 0.415. The summed E-state index contributed by atoms with van der Waals surface area (Å²) in [7, 11) is 1.65. The van der Waals surface area contributed by atoms with Crippen molar-refractivity contribution in [2.75, 3.05) is 17.7 Å². The van der Waals surface area contributed by atoms with Gasteiger partial charge in [-0.05, 0) is 48.9 Å². The van der Waals surface area contributed by atoms with Gasteiger partial charge in [0.2, 0.25) is 0 Å². The Labute approximate surface area is 141 Å². The number of aryl methyl sites for hydroxylation is 1. The predicted octanol–water partition coefficient (Wildman–Crippen LogP) is 3.54. The van der Waals surface area contributed by atoms with Gasteiger partial charge < -0.3 is 15.4 Å². The molecule has 0 aliphatic rings. The van der Waals surface area contributed by atoms with Crippen LogP contribution in [0.4, 0.5) is 17.3 Å². The second-order valence-corrected chi connectivity index (χ2v) is 5.25. The van der Waals surface area contributed by atoms with Crippen LogP contribution in [0.3, 0.4) is 0 Å². The number of ether oxygens (including phenoxy) is 1. The maximum absolute atomic E-state index is 5.16. The molecule has 0 aliphatic carbocycles. The standard InChI is InChI=1S/C18H19N5O/c1-13-21-17(20-12-14-7-9-19-10-8-14)11-18(22-13)23-15-3-5-16(24-2)6-4-15/h3-11H,12H2,1-2H3,(H2,20,21,22,23). The molecule has 6 heteroatoms. The Morgan fingerprint density at radius 2 is 1.67 bits per heavy atom. The van der Waals surface area contributed by atoms with Gasteiger partial charge in [-0.3, -0.25) is 4.98 Å². The molecule has 0 bridgehead atoms. The van der Waals surface area contributed by atoms with Crippen LogP contribution in [-0.4, -0.2) is 22.1 Å². The topological polar surface area (TPSA) is 72.0 Å². The minimum atomic E-state index is 0.681. The monoisotopic (exact) mass is 321 g/mol. The first-order valence-electron chi connectivity index (χ1n) is 7.62. The lowest BCUT2D eigenvalue weighted by Gasteiger charge is -2.10. The lowest BCUT2D eigenvalue weighted by Crippen LogP contribution is -2.05. The molecule has 3 aromatic rings. The van der Waals surface area contributed by atoms with Gasteiger partial charge in [-0.15, -0.1) is 0 Å². The van der Waals surface area contributed by atoms with Crippen molar-refractivity contribution in [2.45, 2.75) is 13.5 Å². The Balaban J connectivity index is 1.70. The van der Waals surface area contributed by atoms with Crippen molar-refractivity contribution in [2.24, 2.45) is 0 Å². The molecule has 0 fully saturated rings. The normalized spacial score (nSPS) is 10.2. The summed E-state index contributed by atoms with van der Waals surface area (Å²) in [4.78, 5) is 12.9. The quantitative estimate of drug-likeness (QED) is 0.723. The SMILES string of the molecule is COc1ccc(Nc2cc(NCc3ccncc3)nc(C)n2)cc1. The fraction of sp³-hybridized carbons (Fsp3) is 0.167. The van der Waals surface area contributed by atoms with Gasteiger partial charge in [0.1, 0.15) is 23.2 Å². The highest BCUT2D eigenvalue weighted by atomic mass is 16.5. The average molecular weight is 321 g/mol. The highest BCUT2D eigenvalue weighted by Crippen LogP contribution is 2.20. The summed E-state index contributed by atoms with van der Waals surface area (Å²) in [6.07, 6.45) is 3.55. The van der Waals surface area contributed by atoms with Crippen molar-refractivity contribution in [1.82, 2.24) is 15.0 Å². The first-order chi connectivity index (χ1) is 11.7. The summed E-state index contributed by atoms with van der Waals surface area (Å²) in [5.41, 5.74) is 2.08. The minimum Gasteiger partial charge on any atom is -0.497 e. The minimum absolute atomic E-state index is 0.681. The van der Waals surface area contributed by atoms with Crippen LogP contribution in [0.15, 0.2) is 54.9 Å². The highest BCUT2D eigenvalue weighted by Gasteiger charge is 2.03. The molecule has 1 aromatic carbocycles. The Morgan fingerprint density at radius 1 is 0.958 bits per heavy atom. The number of anilines is 3. The van der Waals surface area contributed by atoms with Crippen molar-refractivity contribution >= 4 is 17.3 Å². The fourth-order valence-electron chi connectivity index (χ4n) is 2.24. The van der Waals surface area contributed by atoms with Crippen LogP contribution >= 0.6 is 0 Å². The Kier molecular flexibility index (Phi) is 4.86. The number of hydrogen-bond donors (Lipinski definition) is 2. The summed E-state index contributed by atoms with van der Waals surface area (Å²) < 4.78 is 5.16. The average Bonchev–Trinajstić information content (AvgIpc) is 2.61. The van der Waals surface area contributed by atoms with E-state index in [1.54, 1.807) is 19.5 Å². The van der Waals surface area contributed by atoms with Crippen molar-refractivity contribution in [3.05, 3.63) is 66.2 Å². The van der Waals surface area contributed by atoms with E-state index in [1.807, 2.05) is 49.4 Å². The number of nitrogens with one attached hydrogen (secondary N) is 2. The molecule has 3 rings (SSSR count). The molecule has 0 spiro atoms. The van der Waals surface area contributed by atoms with E-state index in [9.17, 15) is 0 Å². The summed E-state index contributed by atoms with van der Waals surface area (Å²) in [5.74, 6) is 3.03. The number of methoxy groups -OCH3 is 1. The van der Waals surface area contributed by atoms with Crippen LogP contribution in [0.2, 0.25) is 0 Å². The number of benzene rings is 1. The van der Waals surface area contributed by atoms with E-state index < -0.39 is 0 Å². The molecule has 0 amide bonds. The van der Waals surface area contributed by atoms with Crippen LogP contribution in [0.5, 0.6) is 5.75 Å². The van der Waals surface area contributed by atoms with Gasteiger partial charge in [0.05, 0.1) is 7.11 Å². The molecule has 0 aliphatic heterocycles. The molecule has 0 saturated heterocycles. The lowest BCUT2D eigenvalue weighted by atomic mass is 10.3. The van der Waals surface area contributed by atoms with Gasteiger partial charge in [-0.1, -0.05) is 0 Å². The summed E-state index contributed by atoms with van der Waals surface area (Å²) in [6, 6.07) is 13.5. The zero-order chi connectivity index (χ0) is 16.8. The summed E-state index contributed by atoms with van der Waals surface area (Å²) in [5, 5.41) is 6.59. The van der Waals surface area contributed by atoms with Crippen LogP contribution in [-0.2, 0) is 6.54 Å². The molecule has 2 heterocycles. The number of rotatable bonds is 6. The van der Waals surface area contributed by atoms with E-state index in [2.05, 4.69) is 25.6 Å². The molecule has 0 unspecified atom stereocenters. The van der Waals surface area contributed by atoms with Gasteiger partial charge in [0.15, 0.2) is 0 Å². The van der Waals surface area contributed by atoms with Gasteiger partial charge >= 0.3 is 0 Å². The van der Waals surface area contributed by atoms with E-state index in [1.165, 1.54) is 0 Å². The molecule has 24 heavy (non-hydrogen) atoms. The Bertz CT molecular complexity index is 790. The summed E-state index contributed by atoms with van der Waals surface area (Å²) >= 11 is 0. The zero-order valence-electron chi connectivity index (χ0n) is 13.7. The molecular weight excluding hydrogens is 302 g/mol. The maximum atomic E-state index is 5.16. The molecule has 2 aromatic heterocycles. The predicted molar refractivity (Wildman–Crippen MR) is 94.6 cm³/mol. The van der Waals surface area contributed by atoms with Gasteiger partial charge in [0.25, 0.3) is 0 Å². The Morgan fingerprint density at radius 3 is 2.38 bits per heavy atom. The number of aromatic nitrogens is 3. The van der Waals surface area contributed by atoms with Crippen molar-refractivity contribution in [3.8, 4) is 5.75 Å². The first-order valence-corrected chi connectivity index (χ1v) is 7.62. The van der Waals surface area contributed by atoms with E-state index in [4.69, 9.17) is 4.74 Å². The number of nitrogens with zero attached hydrogens (tertiary/aromatic N) is 3. The molecule has 6 nitrogen and oxygen atoms in total. The van der Waals surface area contributed by atoms with Crippen LogP contribution in [0.1, 0.15) is 11.4 Å². The third-order valence-corrected chi connectivity index (χ3v) is 3.42. The third kappa shape index (κ3) is 4.19. The van der Waals surface area contributed by atoms with Crippen LogP contribution in [0, 0.1) is 6.92 Å². The van der Waals surface area contributed by atoms with Gasteiger partial charge in [0, 0.05) is 30.7 Å². The van der Waals surface area contributed by atoms with Crippen LogP contribution in [0.25, 0.3) is 0 Å². The van der Waals surface area contributed by atoms with Gasteiger partial charge in [-0.25, -0.2) is 9.97 Å². The molecule has 2 N–H and O–H groups in total. The molecule has 0 saturated carbocycles. The highest BCUT2D eigenvalue weighted by molar-refractivity contribution is 5.60. The maximum Gasteiger partial charge on any atom is 0.136 e. The fourth-order valence-corrected chi connectivity index (χ4v) is 2.24. The van der Waals surface area contributed by atoms with Gasteiger partial charge in [-0.2, -0.15) is 0 Å². The zero-order valence-corrected chi connectivity index (χ0v) is 13.7. The molecule has 0 atom stereocenters.